The number of hydrogen-bond donors (Lipinski definition) is 1. The summed E-state index contributed by atoms with van der Waals surface area (Å²) in [4.78, 5) is 9.27. The number of aromatic nitrogens is 2. The van der Waals surface area contributed by atoms with Gasteiger partial charge in [0.2, 0.25) is 5.88 Å². The first-order chi connectivity index (χ1) is 9.61. The van der Waals surface area contributed by atoms with E-state index in [1.54, 1.807) is 0 Å². The number of hydrogen-bond acceptors (Lipinski definition) is 4. The summed E-state index contributed by atoms with van der Waals surface area (Å²) in [6, 6.07) is 0. The fourth-order valence-corrected chi connectivity index (χ4v) is 2.47. The molecule has 0 amide bonds. The lowest BCUT2D eigenvalue weighted by molar-refractivity contribution is 0.199. The van der Waals surface area contributed by atoms with Crippen LogP contribution in [0.4, 0.5) is 5.82 Å². The van der Waals surface area contributed by atoms with Gasteiger partial charge in [0, 0.05) is 12.5 Å². The summed E-state index contributed by atoms with van der Waals surface area (Å²) in [5, 5.41) is 3.39. The van der Waals surface area contributed by atoms with Crippen LogP contribution in [0.1, 0.15) is 70.2 Å². The maximum absolute atomic E-state index is 6.13. The highest BCUT2D eigenvalue weighted by atomic mass is 16.5. The molecule has 1 aromatic heterocycles. The van der Waals surface area contributed by atoms with Crippen LogP contribution in [0, 0.1) is 6.92 Å². The highest BCUT2D eigenvalue weighted by molar-refractivity contribution is 5.48. The van der Waals surface area contributed by atoms with E-state index in [2.05, 4.69) is 36.1 Å². The Balaban J connectivity index is 2.24. The topological polar surface area (TPSA) is 47.0 Å². The van der Waals surface area contributed by atoms with E-state index in [9.17, 15) is 0 Å². The van der Waals surface area contributed by atoms with Gasteiger partial charge in [-0.25, -0.2) is 4.98 Å². The van der Waals surface area contributed by atoms with Crippen LogP contribution in [0.15, 0.2) is 0 Å². The van der Waals surface area contributed by atoms with Gasteiger partial charge >= 0.3 is 0 Å². The van der Waals surface area contributed by atoms with Gasteiger partial charge in [0.15, 0.2) is 0 Å². The largest absolute Gasteiger partial charge is 0.474 e. The van der Waals surface area contributed by atoms with E-state index in [1.807, 2.05) is 6.92 Å². The Kier molecular flexibility index (Phi) is 5.21. The van der Waals surface area contributed by atoms with Crippen molar-refractivity contribution in [2.24, 2.45) is 0 Å². The summed E-state index contributed by atoms with van der Waals surface area (Å²) in [7, 11) is 0. The standard InChI is InChI=1S/C16H27N3O/c1-5-10-17-15-12(4)16(19-14(18-15)11(2)3)20-13-8-6-7-9-13/h11,13H,5-10H2,1-4H3,(H,17,18,19). The first-order valence-electron chi connectivity index (χ1n) is 7.90. The van der Waals surface area contributed by atoms with Crippen molar-refractivity contribution < 1.29 is 4.74 Å². The van der Waals surface area contributed by atoms with E-state index in [1.165, 1.54) is 12.8 Å². The zero-order chi connectivity index (χ0) is 14.5. The molecule has 1 aliphatic carbocycles. The molecule has 0 aliphatic heterocycles. The number of rotatable bonds is 6. The van der Waals surface area contributed by atoms with Crippen molar-refractivity contribution in [2.45, 2.75) is 71.8 Å². The second kappa shape index (κ2) is 6.91. The Morgan fingerprint density at radius 2 is 1.95 bits per heavy atom. The molecule has 0 unspecified atom stereocenters. The Morgan fingerprint density at radius 1 is 1.25 bits per heavy atom. The number of anilines is 1. The zero-order valence-corrected chi connectivity index (χ0v) is 13.2. The van der Waals surface area contributed by atoms with Gasteiger partial charge in [-0.2, -0.15) is 4.98 Å². The van der Waals surface area contributed by atoms with Gasteiger partial charge in [0.25, 0.3) is 0 Å². The van der Waals surface area contributed by atoms with Crippen LogP contribution in [0.3, 0.4) is 0 Å². The van der Waals surface area contributed by atoms with E-state index in [0.29, 0.717) is 12.0 Å². The van der Waals surface area contributed by atoms with Crippen LogP contribution in [0.25, 0.3) is 0 Å². The quantitative estimate of drug-likeness (QED) is 0.852. The van der Waals surface area contributed by atoms with Crippen LogP contribution in [-0.2, 0) is 0 Å². The summed E-state index contributed by atoms with van der Waals surface area (Å²) in [6.45, 7) is 9.37. The van der Waals surface area contributed by atoms with Crippen molar-refractivity contribution in [1.82, 2.24) is 9.97 Å². The molecule has 0 bridgehead atoms. The molecular weight excluding hydrogens is 250 g/mol. The molecule has 0 atom stereocenters. The van der Waals surface area contributed by atoms with Crippen molar-refractivity contribution in [3.63, 3.8) is 0 Å². The molecule has 1 saturated carbocycles. The minimum absolute atomic E-state index is 0.309. The molecule has 2 rings (SSSR count). The van der Waals surface area contributed by atoms with Gasteiger partial charge in [-0.05, 0) is 39.0 Å². The van der Waals surface area contributed by atoms with Crippen LogP contribution < -0.4 is 10.1 Å². The van der Waals surface area contributed by atoms with Crippen LogP contribution in [-0.4, -0.2) is 22.6 Å². The van der Waals surface area contributed by atoms with Crippen LogP contribution in [0.2, 0.25) is 0 Å². The fraction of sp³-hybridized carbons (Fsp3) is 0.750. The Hall–Kier alpha value is -1.32. The number of nitrogens with zero attached hydrogens (tertiary/aromatic N) is 2. The average Bonchev–Trinajstić information content (AvgIpc) is 2.92. The highest BCUT2D eigenvalue weighted by Gasteiger charge is 2.20. The zero-order valence-electron chi connectivity index (χ0n) is 13.2. The lowest BCUT2D eigenvalue weighted by atomic mass is 10.2. The molecule has 0 spiro atoms. The fourth-order valence-electron chi connectivity index (χ4n) is 2.47. The first-order valence-corrected chi connectivity index (χ1v) is 7.90. The Bertz CT molecular complexity index is 440. The van der Waals surface area contributed by atoms with Gasteiger partial charge in [-0.15, -0.1) is 0 Å². The number of nitrogens with one attached hydrogen (secondary N) is 1. The van der Waals surface area contributed by atoms with Crippen molar-refractivity contribution in [1.29, 1.82) is 0 Å². The molecule has 0 radical (unpaired) electrons. The SMILES string of the molecule is CCCNc1nc(C(C)C)nc(OC2CCCC2)c1C. The third kappa shape index (κ3) is 3.62. The first kappa shape index (κ1) is 15.1. The van der Waals surface area contributed by atoms with Gasteiger partial charge in [-0.3, -0.25) is 0 Å². The van der Waals surface area contributed by atoms with E-state index >= 15 is 0 Å². The molecule has 1 N–H and O–H groups in total. The number of ether oxygens (including phenoxy) is 1. The van der Waals surface area contributed by atoms with Gasteiger partial charge < -0.3 is 10.1 Å². The molecule has 0 aromatic carbocycles. The van der Waals surface area contributed by atoms with E-state index in [0.717, 1.165) is 48.9 Å². The molecular formula is C16H27N3O. The summed E-state index contributed by atoms with van der Waals surface area (Å²) in [5.41, 5.74) is 1.04. The molecule has 4 nitrogen and oxygen atoms in total. The average molecular weight is 277 g/mol. The summed E-state index contributed by atoms with van der Waals surface area (Å²) < 4.78 is 6.13. The third-order valence-corrected chi connectivity index (χ3v) is 3.76. The van der Waals surface area contributed by atoms with Crippen molar-refractivity contribution in [3.05, 3.63) is 11.4 Å². The summed E-state index contributed by atoms with van der Waals surface area (Å²) in [5.74, 6) is 2.87. The second-order valence-corrected chi connectivity index (χ2v) is 5.97. The lowest BCUT2D eigenvalue weighted by Crippen LogP contribution is -2.16. The summed E-state index contributed by atoms with van der Waals surface area (Å²) in [6.07, 6.45) is 6.26. The Labute approximate surface area is 122 Å². The predicted octanol–water partition coefficient (Wildman–Crippen LogP) is 4.05. The van der Waals surface area contributed by atoms with E-state index in [-0.39, 0.29) is 0 Å². The predicted molar refractivity (Wildman–Crippen MR) is 82.5 cm³/mol. The van der Waals surface area contributed by atoms with Gasteiger partial charge in [0.05, 0.1) is 5.56 Å². The van der Waals surface area contributed by atoms with E-state index < -0.39 is 0 Å². The van der Waals surface area contributed by atoms with E-state index in [4.69, 9.17) is 4.74 Å². The van der Waals surface area contributed by atoms with Gasteiger partial charge in [0.1, 0.15) is 17.7 Å². The maximum atomic E-state index is 6.13. The van der Waals surface area contributed by atoms with Crippen LogP contribution >= 0.6 is 0 Å². The maximum Gasteiger partial charge on any atom is 0.222 e. The Morgan fingerprint density at radius 3 is 2.55 bits per heavy atom. The molecule has 1 heterocycles. The third-order valence-electron chi connectivity index (χ3n) is 3.76. The van der Waals surface area contributed by atoms with Crippen molar-refractivity contribution >= 4 is 5.82 Å². The van der Waals surface area contributed by atoms with Crippen molar-refractivity contribution in [2.75, 3.05) is 11.9 Å². The smallest absolute Gasteiger partial charge is 0.222 e. The normalized spacial score (nSPS) is 15.8. The van der Waals surface area contributed by atoms with Gasteiger partial charge in [-0.1, -0.05) is 20.8 Å². The molecule has 0 saturated heterocycles. The molecule has 1 aromatic rings. The van der Waals surface area contributed by atoms with Crippen LogP contribution in [0.5, 0.6) is 5.88 Å². The molecule has 20 heavy (non-hydrogen) atoms. The molecule has 4 heteroatoms. The highest BCUT2D eigenvalue weighted by Crippen LogP contribution is 2.29. The summed E-state index contributed by atoms with van der Waals surface area (Å²) >= 11 is 0. The minimum Gasteiger partial charge on any atom is -0.474 e. The van der Waals surface area contributed by atoms with Crippen molar-refractivity contribution in [3.8, 4) is 5.88 Å². The molecule has 1 fully saturated rings. The minimum atomic E-state index is 0.309. The monoisotopic (exact) mass is 277 g/mol. The second-order valence-electron chi connectivity index (χ2n) is 5.97. The molecule has 112 valence electrons. The lowest BCUT2D eigenvalue weighted by Gasteiger charge is -2.18. The molecule has 1 aliphatic rings.